The Bertz CT molecular complexity index is 2580. The van der Waals surface area contributed by atoms with Crippen LogP contribution in [0.15, 0.2) is 65.5 Å². The molecule has 6 aromatic rings. The highest BCUT2D eigenvalue weighted by atomic mass is 32.1. The molecule has 0 spiro atoms. The molecule has 304 valence electrons. The van der Waals surface area contributed by atoms with Gasteiger partial charge in [-0.25, -0.2) is 19.6 Å². The maximum absolute atomic E-state index is 14.0. The number of methoxy groups -OCH3 is 2. The highest BCUT2D eigenvalue weighted by Gasteiger charge is 2.39. The van der Waals surface area contributed by atoms with E-state index in [0.29, 0.717) is 30.3 Å². The van der Waals surface area contributed by atoms with Gasteiger partial charge in [0, 0.05) is 35.0 Å². The number of thiophene rings is 2. The van der Waals surface area contributed by atoms with Crippen LogP contribution in [0.4, 0.5) is 9.59 Å². The van der Waals surface area contributed by atoms with E-state index < -0.39 is 24.3 Å². The van der Waals surface area contributed by atoms with Crippen LogP contribution in [0.3, 0.4) is 0 Å². The van der Waals surface area contributed by atoms with Gasteiger partial charge in [-0.15, -0.1) is 22.7 Å². The van der Waals surface area contributed by atoms with Gasteiger partial charge in [0.2, 0.25) is 5.91 Å². The van der Waals surface area contributed by atoms with E-state index in [9.17, 15) is 19.2 Å². The second-order valence-electron chi connectivity index (χ2n) is 15.0. The third kappa shape index (κ3) is 8.00. The molecule has 14 nitrogen and oxygen atoms in total. The van der Waals surface area contributed by atoms with Gasteiger partial charge in [-0.2, -0.15) is 0 Å². The van der Waals surface area contributed by atoms with Crippen LogP contribution in [0.2, 0.25) is 0 Å². The Morgan fingerprint density at radius 2 is 1.53 bits per heavy atom. The SMILES string of the molecule is COC(=O)N[C@@H](C(=O)N1CCC[C@H]1c1ncc(-c2csc3c(C#Cc4ccc5nc([C@H]6CCCN6C(=O)[C@H](NC(=O)OC)C(C)C)[nH]c5c4)csc23)[nH]1)c1ccccc1. The van der Waals surface area contributed by atoms with Gasteiger partial charge < -0.3 is 39.9 Å². The molecule has 0 unspecified atom stereocenters. The van der Waals surface area contributed by atoms with Crippen molar-refractivity contribution in [2.45, 2.75) is 63.7 Å². The first-order valence-electron chi connectivity index (χ1n) is 19.5. The average molecular weight is 833 g/mol. The van der Waals surface area contributed by atoms with Crippen molar-refractivity contribution in [3.05, 3.63) is 93.8 Å². The molecule has 4 N–H and O–H groups in total. The largest absolute Gasteiger partial charge is 0.453 e. The number of nitrogens with zero attached hydrogens (tertiary/aromatic N) is 4. The normalized spacial score (nSPS) is 17.5. The van der Waals surface area contributed by atoms with Crippen molar-refractivity contribution in [2.75, 3.05) is 27.3 Å². The molecule has 2 saturated heterocycles. The third-order valence-electron chi connectivity index (χ3n) is 10.9. The molecule has 0 aliphatic carbocycles. The van der Waals surface area contributed by atoms with E-state index in [2.05, 4.69) is 43.2 Å². The van der Waals surface area contributed by atoms with Gasteiger partial charge in [0.05, 0.1) is 64.2 Å². The number of alkyl carbamates (subject to hydrolysis) is 2. The number of hydrogen-bond acceptors (Lipinski definition) is 10. The summed E-state index contributed by atoms with van der Waals surface area (Å²) in [5.41, 5.74) is 5.95. The van der Waals surface area contributed by atoms with Crippen molar-refractivity contribution in [3.8, 4) is 23.1 Å². The number of likely N-dealkylation sites (tertiary alicyclic amines) is 2. The summed E-state index contributed by atoms with van der Waals surface area (Å²) in [6.07, 6.45) is 3.68. The van der Waals surface area contributed by atoms with Crippen molar-refractivity contribution in [1.29, 1.82) is 0 Å². The van der Waals surface area contributed by atoms with Crippen LogP contribution in [0, 0.1) is 17.8 Å². The number of fused-ring (bicyclic) bond motifs is 2. The van der Waals surface area contributed by atoms with Gasteiger partial charge >= 0.3 is 12.2 Å². The van der Waals surface area contributed by atoms with Gasteiger partial charge in [0.25, 0.3) is 5.91 Å². The Kier molecular flexibility index (Phi) is 11.4. The molecule has 16 heteroatoms. The number of imidazole rings is 2. The quantitative estimate of drug-likeness (QED) is 0.109. The van der Waals surface area contributed by atoms with Gasteiger partial charge in [-0.3, -0.25) is 9.59 Å². The summed E-state index contributed by atoms with van der Waals surface area (Å²) in [6, 6.07) is 13.0. The predicted molar refractivity (Wildman–Crippen MR) is 226 cm³/mol. The fourth-order valence-electron chi connectivity index (χ4n) is 7.92. The molecule has 0 saturated carbocycles. The molecule has 4 aromatic heterocycles. The molecule has 4 amide bonds. The molecular formula is C43H44N8O6S2. The van der Waals surface area contributed by atoms with Crippen LogP contribution < -0.4 is 10.6 Å². The Morgan fingerprint density at radius 1 is 0.831 bits per heavy atom. The van der Waals surface area contributed by atoms with E-state index in [4.69, 9.17) is 19.4 Å². The minimum absolute atomic E-state index is 0.117. The second-order valence-corrected chi connectivity index (χ2v) is 16.7. The fraction of sp³-hybridized carbons (Fsp3) is 0.349. The highest BCUT2D eigenvalue weighted by molar-refractivity contribution is 7.27. The lowest BCUT2D eigenvalue weighted by Gasteiger charge is -2.29. The summed E-state index contributed by atoms with van der Waals surface area (Å²) in [6.45, 7) is 4.92. The topological polar surface area (TPSA) is 175 Å². The van der Waals surface area contributed by atoms with Crippen LogP contribution >= 0.6 is 22.7 Å². The zero-order valence-corrected chi connectivity index (χ0v) is 34.7. The minimum Gasteiger partial charge on any atom is -0.453 e. The number of aromatic amines is 2. The molecule has 2 aromatic carbocycles. The smallest absolute Gasteiger partial charge is 0.407 e. The molecule has 0 bridgehead atoms. The molecule has 6 heterocycles. The lowest BCUT2D eigenvalue weighted by Crippen LogP contribution is -2.51. The first kappa shape index (κ1) is 39.6. The van der Waals surface area contributed by atoms with Crippen molar-refractivity contribution >= 4 is 67.1 Å². The van der Waals surface area contributed by atoms with E-state index in [1.165, 1.54) is 14.2 Å². The van der Waals surface area contributed by atoms with Crippen LogP contribution in [-0.2, 0) is 19.1 Å². The number of nitrogens with one attached hydrogen (secondary N) is 4. The van der Waals surface area contributed by atoms with Crippen LogP contribution in [0.5, 0.6) is 0 Å². The van der Waals surface area contributed by atoms with Gasteiger partial charge in [-0.05, 0) is 55.4 Å². The monoisotopic (exact) mass is 832 g/mol. The molecular weight excluding hydrogens is 789 g/mol. The third-order valence-corrected chi connectivity index (χ3v) is 13.1. The van der Waals surface area contributed by atoms with E-state index in [1.807, 2.05) is 68.6 Å². The number of benzene rings is 2. The lowest BCUT2D eigenvalue weighted by molar-refractivity contribution is -0.135. The number of carbonyl (C=O) groups is 4. The van der Waals surface area contributed by atoms with Crippen LogP contribution in [0.1, 0.15) is 86.0 Å². The average Bonchev–Trinajstić information content (AvgIpc) is 4.10. The molecule has 0 radical (unpaired) electrons. The standard InChI is InChI=1S/C43H44N8O6S2/c1-24(2)34(48-42(54)56-3)40(52)51-19-9-13-33(51)39-45-29-17-15-25(20-30(29)46-39)14-16-27-22-58-37-28(23-59-36(27)37)31-21-44-38(47-31)32-12-8-18-50(32)41(53)35(49-43(55)57-4)26-10-6-5-7-11-26/h5-7,10-11,15,17,20-24,32-35H,8-9,12-13,18-19H2,1-4H3,(H,44,47)(H,45,46)(H,48,54)(H,49,55)/t32-,33+,34+,35+/m0/s1. The molecule has 59 heavy (non-hydrogen) atoms. The van der Waals surface area contributed by atoms with Crippen molar-refractivity contribution in [3.63, 3.8) is 0 Å². The second kappa shape index (κ2) is 17.0. The van der Waals surface area contributed by atoms with Gasteiger partial charge in [-0.1, -0.05) is 56.0 Å². The number of rotatable bonds is 9. The number of H-pyrrole nitrogens is 2. The highest BCUT2D eigenvalue weighted by Crippen LogP contribution is 2.41. The predicted octanol–water partition coefficient (Wildman–Crippen LogP) is 7.43. The van der Waals surface area contributed by atoms with Crippen molar-refractivity contribution < 1.29 is 28.7 Å². The summed E-state index contributed by atoms with van der Waals surface area (Å²) in [5.74, 6) is 7.65. The molecule has 8 rings (SSSR count). The van der Waals surface area contributed by atoms with Gasteiger partial charge in [0.15, 0.2) is 0 Å². The van der Waals surface area contributed by atoms with Crippen molar-refractivity contribution in [1.82, 2.24) is 40.4 Å². The zero-order valence-electron chi connectivity index (χ0n) is 33.0. The lowest BCUT2D eigenvalue weighted by atomic mass is 10.0. The summed E-state index contributed by atoms with van der Waals surface area (Å²) in [5, 5.41) is 9.60. The van der Waals surface area contributed by atoms with E-state index in [-0.39, 0.29) is 29.8 Å². The Hall–Kier alpha value is -6.18. The van der Waals surface area contributed by atoms with E-state index in [1.54, 1.807) is 32.5 Å². The first-order chi connectivity index (χ1) is 28.6. The first-order valence-corrected chi connectivity index (χ1v) is 21.3. The summed E-state index contributed by atoms with van der Waals surface area (Å²) < 4.78 is 11.8. The molecule has 2 fully saturated rings. The number of amides is 4. The fourth-order valence-corrected chi connectivity index (χ4v) is 10.2. The van der Waals surface area contributed by atoms with Crippen LogP contribution in [-0.4, -0.2) is 87.1 Å². The number of carbonyl (C=O) groups excluding carboxylic acids is 4. The maximum Gasteiger partial charge on any atom is 0.407 e. The maximum atomic E-state index is 14.0. The van der Waals surface area contributed by atoms with Gasteiger partial charge in [0.1, 0.15) is 23.7 Å². The summed E-state index contributed by atoms with van der Waals surface area (Å²) >= 11 is 3.26. The Morgan fingerprint density at radius 3 is 2.25 bits per heavy atom. The minimum atomic E-state index is -0.887. The number of hydrogen-bond donors (Lipinski definition) is 4. The summed E-state index contributed by atoms with van der Waals surface area (Å²) in [7, 11) is 2.57. The van der Waals surface area contributed by atoms with Crippen LogP contribution in [0.25, 0.3) is 31.7 Å². The zero-order chi connectivity index (χ0) is 41.2. The molecule has 2 aliphatic rings. The Balaban J connectivity index is 0.980. The van der Waals surface area contributed by atoms with E-state index in [0.717, 1.165) is 68.5 Å². The number of ether oxygens (including phenoxy) is 2. The Labute approximate surface area is 348 Å². The molecule has 2 aliphatic heterocycles. The summed E-state index contributed by atoms with van der Waals surface area (Å²) in [4.78, 5) is 72.0. The molecule has 4 atom stereocenters. The van der Waals surface area contributed by atoms with E-state index >= 15 is 0 Å². The number of aromatic nitrogens is 4. The van der Waals surface area contributed by atoms with Crippen molar-refractivity contribution in [2.24, 2.45) is 5.92 Å².